The summed E-state index contributed by atoms with van der Waals surface area (Å²) < 4.78 is 2.27. The zero-order valence-corrected chi connectivity index (χ0v) is 17.6. The van der Waals surface area contributed by atoms with Crippen LogP contribution in [0.25, 0.3) is 5.65 Å². The van der Waals surface area contributed by atoms with Gasteiger partial charge in [0.2, 0.25) is 0 Å². The molecule has 3 aromatic heterocycles. The van der Waals surface area contributed by atoms with Crippen LogP contribution >= 0.6 is 0 Å². The lowest BCUT2D eigenvalue weighted by Gasteiger charge is -2.47. The average molecular weight is 391 g/mol. The highest BCUT2D eigenvalue weighted by atomic mass is 15.3. The highest BCUT2D eigenvalue weighted by molar-refractivity contribution is 5.53. The number of anilines is 1. The van der Waals surface area contributed by atoms with E-state index >= 15 is 0 Å². The first-order valence-electron chi connectivity index (χ1n) is 10.7. The Morgan fingerprint density at radius 1 is 1.07 bits per heavy atom. The number of aromatic nitrogens is 3. The van der Waals surface area contributed by atoms with Crippen LogP contribution in [0, 0.1) is 6.92 Å². The fourth-order valence-electron chi connectivity index (χ4n) is 4.75. The van der Waals surface area contributed by atoms with Crippen molar-refractivity contribution >= 4 is 11.5 Å². The topological polar surface area (TPSA) is 39.9 Å². The van der Waals surface area contributed by atoms with Crippen LogP contribution in [0.5, 0.6) is 0 Å². The number of fused-ring (bicyclic) bond motifs is 1. The van der Waals surface area contributed by atoms with Crippen molar-refractivity contribution in [3.8, 4) is 0 Å². The Balaban J connectivity index is 1.40. The van der Waals surface area contributed by atoms with Crippen LogP contribution in [0.1, 0.15) is 36.3 Å². The zero-order valence-electron chi connectivity index (χ0n) is 17.6. The van der Waals surface area contributed by atoms with Gasteiger partial charge in [-0.2, -0.15) is 0 Å². The van der Waals surface area contributed by atoms with Crippen molar-refractivity contribution in [1.82, 2.24) is 24.2 Å². The molecule has 3 aromatic rings. The lowest BCUT2D eigenvalue weighted by atomic mass is 9.89. The summed E-state index contributed by atoms with van der Waals surface area (Å²) in [6.45, 7) is 9.67. The van der Waals surface area contributed by atoms with E-state index in [-0.39, 0.29) is 0 Å². The molecule has 0 saturated carbocycles. The largest absolute Gasteiger partial charge is 0.355 e. The lowest BCUT2D eigenvalue weighted by Crippen LogP contribution is -2.48. The fourth-order valence-corrected chi connectivity index (χ4v) is 4.75. The van der Waals surface area contributed by atoms with Gasteiger partial charge < -0.3 is 9.80 Å². The Morgan fingerprint density at radius 3 is 2.66 bits per heavy atom. The van der Waals surface area contributed by atoms with E-state index in [9.17, 15) is 0 Å². The molecule has 0 aliphatic carbocycles. The molecule has 0 spiro atoms. The first-order valence-corrected chi connectivity index (χ1v) is 10.7. The van der Waals surface area contributed by atoms with Crippen LogP contribution < -0.4 is 4.90 Å². The lowest BCUT2D eigenvalue weighted by molar-refractivity contribution is 0.0125. The van der Waals surface area contributed by atoms with E-state index < -0.39 is 0 Å². The van der Waals surface area contributed by atoms with E-state index in [0.717, 1.165) is 50.5 Å². The summed E-state index contributed by atoms with van der Waals surface area (Å²) in [6, 6.07) is 11.6. The second-order valence-corrected chi connectivity index (χ2v) is 8.61. The SMILES string of the molecule is Cc1cccnc1C1CC(C)N1Cc1cn2c(N3CCN(C)CC3)cccc2n1. The fraction of sp³-hybridized carbons (Fsp3) is 0.478. The monoisotopic (exact) mass is 390 g/mol. The Bertz CT molecular complexity index is 1000. The molecule has 152 valence electrons. The van der Waals surface area contributed by atoms with Crippen molar-refractivity contribution in [2.45, 2.75) is 38.9 Å². The van der Waals surface area contributed by atoms with Crippen LogP contribution in [0.2, 0.25) is 0 Å². The molecule has 0 aromatic carbocycles. The highest BCUT2D eigenvalue weighted by Gasteiger charge is 2.38. The van der Waals surface area contributed by atoms with Crippen molar-refractivity contribution < 1.29 is 0 Å². The van der Waals surface area contributed by atoms with E-state index in [1.165, 1.54) is 17.1 Å². The van der Waals surface area contributed by atoms with Crippen LogP contribution in [-0.2, 0) is 6.54 Å². The molecular formula is C23H30N6. The van der Waals surface area contributed by atoms with Gasteiger partial charge in [-0.3, -0.25) is 14.3 Å². The van der Waals surface area contributed by atoms with Gasteiger partial charge in [-0.1, -0.05) is 12.1 Å². The van der Waals surface area contributed by atoms with E-state index in [1.807, 2.05) is 12.3 Å². The van der Waals surface area contributed by atoms with Crippen molar-refractivity contribution in [2.75, 3.05) is 38.1 Å². The summed E-state index contributed by atoms with van der Waals surface area (Å²) in [7, 11) is 2.20. The van der Waals surface area contributed by atoms with Gasteiger partial charge in [-0.05, 0) is 51.1 Å². The number of nitrogens with zero attached hydrogens (tertiary/aromatic N) is 6. The Morgan fingerprint density at radius 2 is 1.90 bits per heavy atom. The van der Waals surface area contributed by atoms with Crippen molar-refractivity contribution in [3.05, 3.63) is 59.7 Å². The zero-order chi connectivity index (χ0) is 20.0. The van der Waals surface area contributed by atoms with E-state index in [4.69, 9.17) is 4.98 Å². The molecular weight excluding hydrogens is 360 g/mol. The number of imidazole rings is 1. The van der Waals surface area contributed by atoms with Crippen molar-refractivity contribution in [1.29, 1.82) is 0 Å². The summed E-state index contributed by atoms with van der Waals surface area (Å²) in [6.07, 6.45) is 5.31. The third-order valence-corrected chi connectivity index (χ3v) is 6.59. The third kappa shape index (κ3) is 3.40. The van der Waals surface area contributed by atoms with E-state index in [0.29, 0.717) is 12.1 Å². The number of hydrogen-bond donors (Lipinski definition) is 0. The van der Waals surface area contributed by atoms with Gasteiger partial charge >= 0.3 is 0 Å². The minimum atomic E-state index is 0.396. The van der Waals surface area contributed by atoms with Crippen molar-refractivity contribution in [3.63, 3.8) is 0 Å². The van der Waals surface area contributed by atoms with Crippen LogP contribution in [0.3, 0.4) is 0 Å². The normalized spacial score (nSPS) is 23.5. The van der Waals surface area contributed by atoms with Gasteiger partial charge in [0.05, 0.1) is 17.4 Å². The number of rotatable bonds is 4. The first-order chi connectivity index (χ1) is 14.1. The quantitative estimate of drug-likeness (QED) is 0.685. The smallest absolute Gasteiger partial charge is 0.138 e. The minimum absolute atomic E-state index is 0.396. The van der Waals surface area contributed by atoms with Gasteiger partial charge in [0.1, 0.15) is 11.5 Å². The summed E-state index contributed by atoms with van der Waals surface area (Å²) in [5.74, 6) is 1.25. The molecule has 6 nitrogen and oxygen atoms in total. The highest BCUT2D eigenvalue weighted by Crippen LogP contribution is 2.39. The molecule has 2 atom stereocenters. The maximum Gasteiger partial charge on any atom is 0.138 e. The third-order valence-electron chi connectivity index (χ3n) is 6.59. The molecule has 2 aliphatic heterocycles. The van der Waals surface area contributed by atoms with Crippen molar-refractivity contribution in [2.24, 2.45) is 0 Å². The first kappa shape index (κ1) is 18.6. The van der Waals surface area contributed by atoms with E-state index in [2.05, 4.69) is 75.4 Å². The molecule has 0 bridgehead atoms. The summed E-state index contributed by atoms with van der Waals surface area (Å²) in [4.78, 5) is 17.0. The molecule has 0 N–H and O–H groups in total. The van der Waals surface area contributed by atoms with Gasteiger partial charge in [0, 0.05) is 51.2 Å². The molecule has 0 amide bonds. The Kier molecular flexibility index (Phi) is 4.76. The number of aryl methyl sites for hydroxylation is 1. The summed E-state index contributed by atoms with van der Waals surface area (Å²) >= 11 is 0. The molecule has 6 heteroatoms. The molecule has 2 unspecified atom stereocenters. The molecule has 29 heavy (non-hydrogen) atoms. The van der Waals surface area contributed by atoms with Gasteiger partial charge in [0.15, 0.2) is 0 Å². The minimum Gasteiger partial charge on any atom is -0.355 e. The van der Waals surface area contributed by atoms with Crippen LogP contribution in [0.4, 0.5) is 5.82 Å². The Hall–Kier alpha value is -2.44. The molecule has 2 fully saturated rings. The van der Waals surface area contributed by atoms with Gasteiger partial charge in [-0.15, -0.1) is 0 Å². The van der Waals surface area contributed by atoms with Gasteiger partial charge in [-0.25, -0.2) is 4.98 Å². The standard InChI is InChI=1S/C23H30N6/c1-17-6-5-9-24-23(17)20-14-18(2)28(20)15-19-16-29-21(25-19)7-4-8-22(29)27-12-10-26(3)11-13-27/h4-9,16,18,20H,10-15H2,1-3H3. The number of likely N-dealkylation sites (N-methyl/N-ethyl adjacent to an activating group) is 1. The maximum absolute atomic E-state index is 4.95. The predicted molar refractivity (Wildman–Crippen MR) is 116 cm³/mol. The molecule has 2 saturated heterocycles. The number of likely N-dealkylation sites (tertiary alicyclic amines) is 1. The number of piperazine rings is 1. The summed E-state index contributed by atoms with van der Waals surface area (Å²) in [5, 5.41) is 0. The predicted octanol–water partition coefficient (Wildman–Crippen LogP) is 3.13. The molecule has 2 aliphatic rings. The second kappa shape index (κ2) is 7.43. The molecule has 5 rings (SSSR count). The molecule has 0 radical (unpaired) electrons. The number of pyridine rings is 2. The number of hydrogen-bond acceptors (Lipinski definition) is 5. The van der Waals surface area contributed by atoms with E-state index in [1.54, 1.807) is 0 Å². The van der Waals surface area contributed by atoms with Crippen LogP contribution in [-0.4, -0.2) is 63.4 Å². The van der Waals surface area contributed by atoms with Crippen LogP contribution in [0.15, 0.2) is 42.7 Å². The second-order valence-electron chi connectivity index (χ2n) is 8.61. The average Bonchev–Trinajstić information content (AvgIpc) is 3.15. The maximum atomic E-state index is 4.95. The van der Waals surface area contributed by atoms with Gasteiger partial charge in [0.25, 0.3) is 0 Å². The molecule has 5 heterocycles. The summed E-state index contributed by atoms with van der Waals surface area (Å²) in [5.41, 5.74) is 4.67. The Labute approximate surface area is 172 Å².